The summed E-state index contributed by atoms with van der Waals surface area (Å²) < 4.78 is 44.1. The number of benzene rings is 1. The quantitative estimate of drug-likeness (QED) is 0.507. The third-order valence-corrected chi connectivity index (χ3v) is 5.45. The van der Waals surface area contributed by atoms with Crippen molar-refractivity contribution in [2.45, 2.75) is 18.6 Å². The van der Waals surface area contributed by atoms with E-state index >= 15 is 0 Å². The van der Waals surface area contributed by atoms with Crippen LogP contribution in [-0.2, 0) is 0 Å². The van der Waals surface area contributed by atoms with Gasteiger partial charge in [-0.1, -0.05) is 0 Å². The first kappa shape index (κ1) is 20.0. The van der Waals surface area contributed by atoms with Crippen molar-refractivity contribution >= 4 is 23.6 Å². The predicted molar refractivity (Wildman–Crippen MR) is 114 cm³/mol. The summed E-state index contributed by atoms with van der Waals surface area (Å²) in [5, 5.41) is 13.6. The normalized spacial score (nSPS) is 18.8. The van der Waals surface area contributed by atoms with E-state index in [0.717, 1.165) is 18.2 Å². The fourth-order valence-corrected chi connectivity index (χ4v) is 3.93. The Kier molecular flexibility index (Phi) is 5.01. The Hall–Kier alpha value is -3.88. The number of anilines is 1. The first-order valence-corrected chi connectivity index (χ1v) is 10.0. The van der Waals surface area contributed by atoms with Crippen molar-refractivity contribution in [3.63, 3.8) is 0 Å². The third kappa shape index (κ3) is 3.77. The van der Waals surface area contributed by atoms with E-state index in [1.54, 1.807) is 46.1 Å². The molecule has 1 aliphatic heterocycles. The molecule has 0 amide bonds. The van der Waals surface area contributed by atoms with E-state index < -0.39 is 23.8 Å². The summed E-state index contributed by atoms with van der Waals surface area (Å²) in [6.07, 6.45) is 7.07. The second-order valence-corrected chi connectivity index (χ2v) is 7.60. The van der Waals surface area contributed by atoms with Crippen LogP contribution in [-0.4, -0.2) is 37.4 Å². The van der Waals surface area contributed by atoms with Crippen LogP contribution in [0.15, 0.2) is 55.0 Å². The standard InChI is InChI=1S/C23H18F3N5O/c24-15-2-6-20(26)19(9-15)21-10-16(25)13-30(21)22-7-8-31-23(29-22)14(11-28-31)1-3-17-4-5-18(32)12-27-17/h1-9,11-12,16,21,32H,10,13H2/b3-1+/t16-,21+/m0/s1. The molecule has 0 spiro atoms. The fraction of sp³-hybridized carbons (Fsp3) is 0.174. The van der Waals surface area contributed by atoms with Crippen LogP contribution in [0.3, 0.4) is 0 Å². The third-order valence-electron chi connectivity index (χ3n) is 5.45. The Morgan fingerprint density at radius 2 is 1.94 bits per heavy atom. The van der Waals surface area contributed by atoms with Crippen molar-refractivity contribution < 1.29 is 18.3 Å². The zero-order chi connectivity index (χ0) is 22.2. The van der Waals surface area contributed by atoms with Crippen molar-refractivity contribution in [1.82, 2.24) is 19.6 Å². The largest absolute Gasteiger partial charge is 0.506 e. The maximum atomic E-state index is 14.4. The molecule has 0 saturated carbocycles. The number of aromatic nitrogens is 4. The van der Waals surface area contributed by atoms with Gasteiger partial charge in [0.05, 0.1) is 30.7 Å². The zero-order valence-corrected chi connectivity index (χ0v) is 16.7. The minimum Gasteiger partial charge on any atom is -0.506 e. The molecule has 4 heterocycles. The van der Waals surface area contributed by atoms with Crippen LogP contribution >= 0.6 is 0 Å². The molecule has 1 fully saturated rings. The number of fused-ring (bicyclic) bond motifs is 1. The highest BCUT2D eigenvalue weighted by molar-refractivity contribution is 5.75. The lowest BCUT2D eigenvalue weighted by Gasteiger charge is -2.26. The van der Waals surface area contributed by atoms with Gasteiger partial charge in [-0.05, 0) is 48.6 Å². The molecule has 1 aromatic carbocycles. The molecule has 4 aromatic rings. The lowest BCUT2D eigenvalue weighted by Crippen LogP contribution is -2.25. The Morgan fingerprint density at radius 3 is 2.75 bits per heavy atom. The fourth-order valence-electron chi connectivity index (χ4n) is 3.93. The molecule has 32 heavy (non-hydrogen) atoms. The van der Waals surface area contributed by atoms with Crippen LogP contribution in [0.25, 0.3) is 17.8 Å². The van der Waals surface area contributed by atoms with Gasteiger partial charge in [0.2, 0.25) is 0 Å². The summed E-state index contributed by atoms with van der Waals surface area (Å²) in [5.41, 5.74) is 1.98. The molecule has 5 rings (SSSR count). The molecule has 0 aliphatic carbocycles. The molecule has 2 atom stereocenters. The number of alkyl halides is 1. The van der Waals surface area contributed by atoms with E-state index in [9.17, 15) is 18.3 Å². The number of hydrogen-bond donors (Lipinski definition) is 1. The monoisotopic (exact) mass is 437 g/mol. The Morgan fingerprint density at radius 1 is 1.06 bits per heavy atom. The molecule has 3 aromatic heterocycles. The van der Waals surface area contributed by atoms with E-state index in [-0.39, 0.29) is 24.3 Å². The maximum absolute atomic E-state index is 14.4. The lowest BCUT2D eigenvalue weighted by molar-refractivity contribution is 0.355. The number of pyridine rings is 1. The maximum Gasteiger partial charge on any atom is 0.164 e. The molecule has 1 aliphatic rings. The SMILES string of the molecule is Oc1ccc(/C=C/c2cnn3ccc(N4C[C@@H](F)C[C@@H]4c4cc(F)ccc4F)nc23)nc1. The topological polar surface area (TPSA) is 66.6 Å². The summed E-state index contributed by atoms with van der Waals surface area (Å²) >= 11 is 0. The second kappa shape index (κ2) is 7.99. The van der Waals surface area contributed by atoms with Gasteiger partial charge in [0.1, 0.15) is 29.4 Å². The van der Waals surface area contributed by atoms with Crippen molar-refractivity contribution in [3.05, 3.63) is 83.4 Å². The van der Waals surface area contributed by atoms with E-state index in [1.807, 2.05) is 0 Å². The van der Waals surface area contributed by atoms with Crippen LogP contribution in [0.1, 0.15) is 29.3 Å². The summed E-state index contributed by atoms with van der Waals surface area (Å²) in [5.74, 6) is -0.626. The Bertz CT molecular complexity index is 1300. The number of nitrogens with zero attached hydrogens (tertiary/aromatic N) is 5. The first-order valence-electron chi connectivity index (χ1n) is 10.0. The molecule has 0 unspecified atom stereocenters. The average molecular weight is 437 g/mol. The summed E-state index contributed by atoms with van der Waals surface area (Å²) in [7, 11) is 0. The molecule has 1 N–H and O–H groups in total. The molecule has 9 heteroatoms. The van der Waals surface area contributed by atoms with Crippen LogP contribution in [0, 0.1) is 11.6 Å². The van der Waals surface area contributed by atoms with Crippen molar-refractivity contribution in [1.29, 1.82) is 0 Å². The first-order chi connectivity index (χ1) is 15.5. The van der Waals surface area contributed by atoms with Gasteiger partial charge in [-0.2, -0.15) is 5.10 Å². The van der Waals surface area contributed by atoms with Gasteiger partial charge in [-0.3, -0.25) is 4.98 Å². The molecular formula is C23H18F3N5O. The van der Waals surface area contributed by atoms with Gasteiger partial charge in [-0.25, -0.2) is 22.7 Å². The van der Waals surface area contributed by atoms with Crippen molar-refractivity contribution in [3.8, 4) is 5.75 Å². The smallest absolute Gasteiger partial charge is 0.164 e. The van der Waals surface area contributed by atoms with Gasteiger partial charge in [0.15, 0.2) is 5.65 Å². The Labute approximate surface area is 181 Å². The van der Waals surface area contributed by atoms with Gasteiger partial charge in [0.25, 0.3) is 0 Å². The summed E-state index contributed by atoms with van der Waals surface area (Å²) in [6.45, 7) is 0.0283. The number of halogens is 3. The highest BCUT2D eigenvalue weighted by atomic mass is 19.1. The summed E-state index contributed by atoms with van der Waals surface area (Å²) in [6, 6.07) is 7.43. The molecule has 1 saturated heterocycles. The van der Waals surface area contributed by atoms with E-state index in [4.69, 9.17) is 0 Å². The molecule has 162 valence electrons. The van der Waals surface area contributed by atoms with Crippen molar-refractivity contribution in [2.75, 3.05) is 11.4 Å². The minimum absolute atomic E-state index is 0.0283. The zero-order valence-electron chi connectivity index (χ0n) is 16.7. The highest BCUT2D eigenvalue weighted by Gasteiger charge is 2.36. The molecule has 0 radical (unpaired) electrons. The number of aromatic hydroxyl groups is 1. The van der Waals surface area contributed by atoms with Crippen LogP contribution in [0.2, 0.25) is 0 Å². The number of hydrogen-bond acceptors (Lipinski definition) is 5. The van der Waals surface area contributed by atoms with Gasteiger partial charge in [0, 0.05) is 23.7 Å². The van der Waals surface area contributed by atoms with E-state index in [0.29, 0.717) is 22.7 Å². The van der Waals surface area contributed by atoms with E-state index in [2.05, 4.69) is 15.1 Å². The van der Waals surface area contributed by atoms with Crippen molar-refractivity contribution in [2.24, 2.45) is 0 Å². The molecular weight excluding hydrogens is 419 g/mol. The minimum atomic E-state index is -1.19. The molecule has 0 bridgehead atoms. The van der Waals surface area contributed by atoms with E-state index in [1.165, 1.54) is 12.3 Å². The van der Waals surface area contributed by atoms with Gasteiger partial charge < -0.3 is 10.0 Å². The van der Waals surface area contributed by atoms with Crippen LogP contribution < -0.4 is 4.90 Å². The molecule has 6 nitrogen and oxygen atoms in total. The van der Waals surface area contributed by atoms with Gasteiger partial charge >= 0.3 is 0 Å². The lowest BCUT2D eigenvalue weighted by atomic mass is 10.0. The number of rotatable bonds is 4. The van der Waals surface area contributed by atoms with Gasteiger partial charge in [-0.15, -0.1) is 0 Å². The predicted octanol–water partition coefficient (Wildman–Crippen LogP) is 4.57. The van der Waals surface area contributed by atoms with Crippen LogP contribution in [0.4, 0.5) is 19.0 Å². The highest BCUT2D eigenvalue weighted by Crippen LogP contribution is 2.38. The average Bonchev–Trinajstić information content (AvgIpc) is 3.38. The second-order valence-electron chi connectivity index (χ2n) is 7.60. The summed E-state index contributed by atoms with van der Waals surface area (Å²) in [4.78, 5) is 10.4. The Balaban J connectivity index is 1.50. The van der Waals surface area contributed by atoms with Crippen LogP contribution in [0.5, 0.6) is 5.75 Å².